The maximum Gasteiger partial charge on any atom is 0.310 e. The Morgan fingerprint density at radius 3 is 2.67 bits per heavy atom. The molecule has 36 heavy (non-hydrogen) atoms. The lowest BCUT2D eigenvalue weighted by atomic mass is 9.66. The number of thioether (sulfide) groups is 1. The first-order valence-electron chi connectivity index (χ1n) is 12.6. The topological polar surface area (TPSA) is 87.2 Å². The van der Waals surface area contributed by atoms with Gasteiger partial charge in [-0.25, -0.2) is 0 Å². The van der Waals surface area contributed by atoms with E-state index in [0.29, 0.717) is 17.1 Å². The monoisotopic (exact) mass is 534 g/mol. The number of carbonyl (C=O) groups is 3. The summed E-state index contributed by atoms with van der Waals surface area (Å²) >= 11 is 8.10. The molecule has 9 heteroatoms. The van der Waals surface area contributed by atoms with Crippen LogP contribution in [0.15, 0.2) is 36.9 Å². The van der Waals surface area contributed by atoms with Gasteiger partial charge in [-0.2, -0.15) is 0 Å². The first kappa shape index (κ1) is 27.0. The Balaban J connectivity index is 1.88. The minimum Gasteiger partial charge on any atom is -0.466 e. The van der Waals surface area contributed by atoms with Gasteiger partial charge in [0.15, 0.2) is 0 Å². The van der Waals surface area contributed by atoms with E-state index in [2.05, 4.69) is 13.5 Å². The number of rotatable bonds is 9. The number of carbonyl (C=O) groups excluding carboxylic acids is 3. The molecule has 1 spiro atoms. The van der Waals surface area contributed by atoms with Crippen molar-refractivity contribution in [3.05, 3.63) is 41.9 Å². The summed E-state index contributed by atoms with van der Waals surface area (Å²) < 4.78 is 4.60. The zero-order valence-electron chi connectivity index (χ0n) is 21.2. The fraction of sp³-hybridized carbons (Fsp3) is 0.593. The van der Waals surface area contributed by atoms with Crippen molar-refractivity contribution in [1.29, 1.82) is 0 Å². The van der Waals surface area contributed by atoms with Gasteiger partial charge in [0.2, 0.25) is 5.91 Å². The highest BCUT2D eigenvalue weighted by atomic mass is 35.5. The van der Waals surface area contributed by atoms with Crippen molar-refractivity contribution in [2.45, 2.75) is 56.2 Å². The number of hydrogen-bond donors (Lipinski definition) is 1. The number of halogens is 1. The van der Waals surface area contributed by atoms with E-state index in [-0.39, 0.29) is 54.6 Å². The van der Waals surface area contributed by atoms with Gasteiger partial charge in [0.05, 0.1) is 46.5 Å². The number of para-hydroxylation sites is 1. The van der Waals surface area contributed by atoms with Crippen LogP contribution in [0.2, 0.25) is 5.02 Å². The average molecular weight is 535 g/mol. The van der Waals surface area contributed by atoms with Gasteiger partial charge in [0, 0.05) is 11.8 Å². The van der Waals surface area contributed by atoms with E-state index in [0.717, 1.165) is 0 Å². The van der Waals surface area contributed by atoms with Crippen LogP contribution in [0.5, 0.6) is 0 Å². The van der Waals surface area contributed by atoms with E-state index in [4.69, 9.17) is 16.3 Å². The highest BCUT2D eigenvalue weighted by molar-refractivity contribution is 8.02. The zero-order valence-corrected chi connectivity index (χ0v) is 22.8. The minimum absolute atomic E-state index is 0.00871. The Hall–Kier alpha value is -2.03. The maximum absolute atomic E-state index is 14.6. The van der Waals surface area contributed by atoms with E-state index in [9.17, 15) is 19.5 Å². The van der Waals surface area contributed by atoms with Crippen LogP contribution in [0, 0.1) is 23.7 Å². The molecule has 0 aliphatic carbocycles. The number of hydrogen-bond acceptors (Lipinski definition) is 6. The Morgan fingerprint density at radius 2 is 2.08 bits per heavy atom. The van der Waals surface area contributed by atoms with Gasteiger partial charge < -0.3 is 19.6 Å². The first-order valence-corrected chi connectivity index (χ1v) is 13.9. The van der Waals surface area contributed by atoms with E-state index in [1.54, 1.807) is 52.8 Å². The molecule has 2 bridgehead atoms. The van der Waals surface area contributed by atoms with Gasteiger partial charge in [-0.3, -0.25) is 14.4 Å². The van der Waals surface area contributed by atoms with E-state index >= 15 is 0 Å². The fourth-order valence-corrected chi connectivity index (χ4v) is 9.11. The number of aliphatic hydroxyl groups excluding tert-OH is 1. The normalized spacial score (nSPS) is 31.5. The molecule has 7 atom stereocenters. The van der Waals surface area contributed by atoms with Crippen molar-refractivity contribution in [3.63, 3.8) is 0 Å². The first-order chi connectivity index (χ1) is 17.1. The summed E-state index contributed by atoms with van der Waals surface area (Å²) in [4.78, 5) is 45.1. The number of likely N-dealkylation sites (tertiary alicyclic amines) is 1. The lowest BCUT2D eigenvalue weighted by Gasteiger charge is -2.42. The number of benzene rings is 1. The number of ether oxygens (including phenoxy) is 1. The highest BCUT2D eigenvalue weighted by Crippen LogP contribution is 2.69. The Morgan fingerprint density at radius 1 is 1.39 bits per heavy atom. The summed E-state index contributed by atoms with van der Waals surface area (Å²) in [6.07, 6.45) is 2.35. The van der Waals surface area contributed by atoms with Crippen LogP contribution in [-0.2, 0) is 19.1 Å². The Labute approximate surface area is 222 Å². The third kappa shape index (κ3) is 3.96. The Kier molecular flexibility index (Phi) is 7.79. The summed E-state index contributed by atoms with van der Waals surface area (Å²) in [7, 11) is 0. The van der Waals surface area contributed by atoms with Gasteiger partial charge in [0.1, 0.15) is 6.04 Å². The molecule has 3 heterocycles. The standard InChI is InChI=1S/C27H35ClN2O5S/c1-6-12-29(18-11-9-8-10-17(18)28)25(33)23-27-16(5)13-20(36-27)21(26(34)35-7-2)22(27)24(32)30(23)19(14-31)15(3)4/h6,8-11,15-16,19-23,31H,1,7,12-14H2,2-5H3/t16?,19-,20+,21-,22-,23?,27?/m0/s1. The second kappa shape index (κ2) is 10.4. The lowest BCUT2D eigenvalue weighted by molar-refractivity contribution is -0.154. The third-order valence-corrected chi connectivity index (χ3v) is 10.4. The highest BCUT2D eigenvalue weighted by Gasteiger charge is 2.77. The maximum atomic E-state index is 14.6. The molecule has 196 valence electrons. The molecular weight excluding hydrogens is 500 g/mol. The van der Waals surface area contributed by atoms with Crippen LogP contribution in [0.25, 0.3) is 0 Å². The number of fused-ring (bicyclic) bond motifs is 1. The summed E-state index contributed by atoms with van der Waals surface area (Å²) in [5, 5.41) is 10.7. The molecule has 7 nitrogen and oxygen atoms in total. The van der Waals surface area contributed by atoms with Crippen molar-refractivity contribution < 1.29 is 24.2 Å². The van der Waals surface area contributed by atoms with Gasteiger partial charge in [-0.1, -0.05) is 50.6 Å². The van der Waals surface area contributed by atoms with E-state index < -0.39 is 28.7 Å². The predicted molar refractivity (Wildman–Crippen MR) is 142 cm³/mol. The number of aliphatic hydroxyl groups is 1. The number of anilines is 1. The van der Waals surface area contributed by atoms with Gasteiger partial charge in [-0.15, -0.1) is 18.3 Å². The van der Waals surface area contributed by atoms with Crippen molar-refractivity contribution in [3.8, 4) is 0 Å². The number of amides is 2. The third-order valence-electron chi connectivity index (χ3n) is 8.01. The molecular formula is C27H35ClN2O5S. The Bertz CT molecular complexity index is 1050. The summed E-state index contributed by atoms with van der Waals surface area (Å²) in [5.74, 6) is -2.30. The second-order valence-electron chi connectivity index (χ2n) is 10.2. The molecule has 3 fully saturated rings. The van der Waals surface area contributed by atoms with Gasteiger partial charge >= 0.3 is 5.97 Å². The molecule has 3 saturated heterocycles. The fourth-order valence-electron chi connectivity index (χ4n) is 6.48. The molecule has 1 N–H and O–H groups in total. The van der Waals surface area contributed by atoms with Crippen LogP contribution in [0.1, 0.15) is 34.1 Å². The van der Waals surface area contributed by atoms with Crippen LogP contribution < -0.4 is 4.90 Å². The van der Waals surface area contributed by atoms with E-state index in [1.165, 1.54) is 0 Å². The molecule has 4 rings (SSSR count). The molecule has 3 aliphatic heterocycles. The average Bonchev–Trinajstić information content (AvgIpc) is 3.42. The van der Waals surface area contributed by atoms with Gasteiger partial charge in [-0.05, 0) is 37.3 Å². The molecule has 0 saturated carbocycles. The molecule has 3 aliphatic rings. The quantitative estimate of drug-likeness (QED) is 0.383. The number of nitrogens with zero attached hydrogens (tertiary/aromatic N) is 2. The molecule has 0 aromatic heterocycles. The summed E-state index contributed by atoms with van der Waals surface area (Å²) in [6, 6.07) is 5.66. The predicted octanol–water partition coefficient (Wildman–Crippen LogP) is 3.78. The van der Waals surface area contributed by atoms with Crippen molar-refractivity contribution in [2.24, 2.45) is 23.7 Å². The number of esters is 1. The van der Waals surface area contributed by atoms with Crippen LogP contribution in [0.4, 0.5) is 5.69 Å². The largest absolute Gasteiger partial charge is 0.466 e. The molecule has 2 amide bonds. The SMILES string of the molecule is C=CCN(C(=O)C1N([C@@H](CO)C(C)C)C(=O)[C@@H]2[C@@H](C(=O)OCC)[C@H]3CC(C)C12S3)c1ccccc1Cl. The summed E-state index contributed by atoms with van der Waals surface area (Å²) in [5.41, 5.74) is 0.536. The van der Waals surface area contributed by atoms with Crippen molar-refractivity contribution in [2.75, 3.05) is 24.7 Å². The smallest absolute Gasteiger partial charge is 0.310 e. The van der Waals surface area contributed by atoms with Crippen molar-refractivity contribution in [1.82, 2.24) is 4.90 Å². The molecule has 1 aromatic carbocycles. The van der Waals surface area contributed by atoms with Crippen molar-refractivity contribution >= 4 is 46.8 Å². The van der Waals surface area contributed by atoms with Crippen LogP contribution in [-0.4, -0.2) is 69.6 Å². The lowest BCUT2D eigenvalue weighted by Crippen LogP contribution is -2.60. The van der Waals surface area contributed by atoms with Crippen LogP contribution >= 0.6 is 23.4 Å². The second-order valence-corrected chi connectivity index (χ2v) is 12.2. The van der Waals surface area contributed by atoms with Gasteiger partial charge in [0.25, 0.3) is 5.91 Å². The molecule has 0 radical (unpaired) electrons. The summed E-state index contributed by atoms with van der Waals surface area (Å²) in [6.45, 7) is 11.7. The zero-order chi connectivity index (χ0) is 26.4. The molecule has 1 aromatic rings. The minimum atomic E-state index is -0.866. The van der Waals surface area contributed by atoms with Crippen LogP contribution in [0.3, 0.4) is 0 Å². The van der Waals surface area contributed by atoms with E-state index in [1.807, 2.05) is 19.9 Å². The molecule has 3 unspecified atom stereocenters.